The third-order valence-electron chi connectivity index (χ3n) is 5.73. The molecule has 1 atom stereocenters. The van der Waals surface area contributed by atoms with Crippen LogP contribution in [-0.2, 0) is 22.6 Å². The second-order valence-corrected chi connectivity index (χ2v) is 8.70. The number of aromatic amines is 1. The van der Waals surface area contributed by atoms with Gasteiger partial charge in [-0.2, -0.15) is 0 Å². The molecule has 2 heterocycles. The first kappa shape index (κ1) is 26.1. The van der Waals surface area contributed by atoms with Gasteiger partial charge in [-0.25, -0.2) is 24.1 Å². The van der Waals surface area contributed by atoms with Crippen LogP contribution in [0.1, 0.15) is 18.1 Å². The molecule has 0 aliphatic rings. The molecule has 2 aromatic carbocycles. The number of nitrogens with zero attached hydrogens (tertiary/aromatic N) is 4. The highest BCUT2D eigenvalue weighted by Gasteiger charge is 2.18. The average Bonchev–Trinajstić information content (AvgIpc) is 2.90. The van der Waals surface area contributed by atoms with E-state index in [1.54, 1.807) is 37.3 Å². The molecule has 4 rings (SSSR count). The highest BCUT2D eigenvalue weighted by Crippen LogP contribution is 2.25. The fraction of sp³-hybridized carbons (Fsp3) is 0.222. The number of hydrogen-bond acceptors (Lipinski definition) is 8. The molecule has 11 nitrogen and oxygen atoms in total. The van der Waals surface area contributed by atoms with Crippen LogP contribution >= 0.6 is 0 Å². The smallest absolute Gasteiger partial charge is 0.335 e. The van der Waals surface area contributed by atoms with Gasteiger partial charge in [0.2, 0.25) is 11.5 Å². The van der Waals surface area contributed by atoms with E-state index in [1.807, 2.05) is 31.2 Å². The van der Waals surface area contributed by atoms with Gasteiger partial charge in [0, 0.05) is 18.8 Å². The number of carbonyl (C=O) groups excluding carboxylic acids is 1. The number of benzene rings is 2. The predicted molar refractivity (Wildman–Crippen MR) is 138 cm³/mol. The van der Waals surface area contributed by atoms with Gasteiger partial charge < -0.3 is 14.6 Å². The molecular weight excluding hydrogens is 490 g/mol. The molecule has 0 saturated carbocycles. The normalized spacial score (nSPS) is 12.2. The lowest BCUT2D eigenvalue weighted by Crippen LogP contribution is -2.51. The molecule has 0 amide bonds. The zero-order chi connectivity index (χ0) is 27.2. The molecule has 0 spiro atoms. The molecule has 38 heavy (non-hydrogen) atoms. The number of H-pyrrole nitrogens is 1. The van der Waals surface area contributed by atoms with Crippen molar-refractivity contribution < 1.29 is 19.4 Å². The Kier molecular flexibility index (Phi) is 7.86. The number of carbonyl (C=O) groups is 1. The number of pyridine rings is 1. The van der Waals surface area contributed by atoms with Gasteiger partial charge in [-0.15, -0.1) is 0 Å². The van der Waals surface area contributed by atoms with Crippen LogP contribution in [0.2, 0.25) is 0 Å². The molecule has 0 radical (unpaired) electrons. The van der Waals surface area contributed by atoms with E-state index in [0.717, 1.165) is 15.7 Å². The van der Waals surface area contributed by atoms with Gasteiger partial charge in [-0.3, -0.25) is 14.3 Å². The quantitative estimate of drug-likeness (QED) is 0.342. The van der Waals surface area contributed by atoms with Crippen LogP contribution in [0.4, 0.5) is 5.69 Å². The lowest BCUT2D eigenvalue weighted by atomic mass is 10.1. The summed E-state index contributed by atoms with van der Waals surface area (Å²) >= 11 is 0. The standard InChI is InChI=1S/C27H27N5O6/c1-17-4-6-19(7-5-17)16-31-25(30-26(35)32(27(31)36)15-18(2)24(34)37-3)29-20-8-10-21(11-9-20)38-22-12-13-28-23(33)14-22/h4-14,18H,15-16H2,1-3H3,(H,28,33)(H,29,30,35)/t18-/m0/s1. The molecule has 0 aliphatic carbocycles. The maximum absolute atomic E-state index is 13.5. The van der Waals surface area contributed by atoms with E-state index in [4.69, 9.17) is 9.47 Å². The number of aromatic hydroxyl groups is 1. The first-order valence-corrected chi connectivity index (χ1v) is 11.8. The van der Waals surface area contributed by atoms with Gasteiger partial charge in [-0.1, -0.05) is 36.8 Å². The zero-order valence-electron chi connectivity index (χ0n) is 21.1. The summed E-state index contributed by atoms with van der Waals surface area (Å²) in [6, 6.07) is 17.3. The highest BCUT2D eigenvalue weighted by atomic mass is 16.5. The number of methoxy groups -OCH3 is 1. The van der Waals surface area contributed by atoms with Gasteiger partial charge in [0.25, 0.3) is 0 Å². The third kappa shape index (κ3) is 6.25. The van der Waals surface area contributed by atoms with Crippen molar-refractivity contribution in [3.8, 4) is 17.4 Å². The van der Waals surface area contributed by atoms with Crippen molar-refractivity contribution in [1.29, 1.82) is 0 Å². The number of aromatic nitrogens is 4. The Hall–Kier alpha value is -4.93. The summed E-state index contributed by atoms with van der Waals surface area (Å²) in [5.41, 5.74) is 1.11. The van der Waals surface area contributed by atoms with Crippen molar-refractivity contribution in [3.63, 3.8) is 0 Å². The number of nitrogens with one attached hydrogen (secondary N) is 1. The lowest BCUT2D eigenvalue weighted by Gasteiger charge is -2.14. The average molecular weight is 518 g/mol. The van der Waals surface area contributed by atoms with Gasteiger partial charge >= 0.3 is 17.3 Å². The molecule has 0 aliphatic heterocycles. The Morgan fingerprint density at radius 3 is 2.42 bits per heavy atom. The summed E-state index contributed by atoms with van der Waals surface area (Å²) in [6.45, 7) is 3.54. The van der Waals surface area contributed by atoms with E-state index in [-0.39, 0.29) is 24.6 Å². The van der Waals surface area contributed by atoms with E-state index in [0.29, 0.717) is 17.2 Å². The molecule has 0 fully saturated rings. The summed E-state index contributed by atoms with van der Waals surface area (Å²) in [5, 5.41) is 9.51. The van der Waals surface area contributed by atoms with Crippen LogP contribution in [0.25, 0.3) is 0 Å². The fourth-order valence-corrected chi connectivity index (χ4v) is 3.68. The molecule has 4 aromatic rings. The molecule has 0 unspecified atom stereocenters. The Morgan fingerprint density at radius 2 is 1.76 bits per heavy atom. The maximum Gasteiger partial charge on any atom is 0.335 e. The van der Waals surface area contributed by atoms with Gasteiger partial charge in [0.1, 0.15) is 11.5 Å². The van der Waals surface area contributed by atoms with Crippen LogP contribution < -0.4 is 21.7 Å². The minimum absolute atomic E-state index is 0.0512. The maximum atomic E-state index is 13.5. The van der Waals surface area contributed by atoms with Crippen molar-refractivity contribution in [2.45, 2.75) is 26.9 Å². The fourth-order valence-electron chi connectivity index (χ4n) is 3.68. The number of ether oxygens (including phenoxy) is 2. The predicted octanol–water partition coefficient (Wildman–Crippen LogP) is 2.63. The molecule has 0 saturated heterocycles. The first-order valence-electron chi connectivity index (χ1n) is 11.8. The SMILES string of the molecule is COC(=O)[C@@H](C)Cn1c(=O)[nH]/c(=N\c2ccc(Oc3ccnc(O)c3)cc2)n(Cc2ccc(C)cc2)c1=O. The Labute approximate surface area is 217 Å². The lowest BCUT2D eigenvalue weighted by molar-refractivity contribution is -0.145. The van der Waals surface area contributed by atoms with E-state index < -0.39 is 23.3 Å². The van der Waals surface area contributed by atoms with Crippen LogP contribution in [0.15, 0.2) is 81.4 Å². The van der Waals surface area contributed by atoms with Gasteiger partial charge in [0.15, 0.2) is 0 Å². The van der Waals surface area contributed by atoms with E-state index >= 15 is 0 Å². The van der Waals surface area contributed by atoms with E-state index in [1.165, 1.54) is 23.9 Å². The van der Waals surface area contributed by atoms with Gasteiger partial charge in [0.05, 0.1) is 25.3 Å². The number of aryl methyl sites for hydroxylation is 1. The van der Waals surface area contributed by atoms with E-state index in [2.05, 4.69) is 15.0 Å². The van der Waals surface area contributed by atoms with E-state index in [9.17, 15) is 19.5 Å². The molecule has 0 bridgehead atoms. The monoisotopic (exact) mass is 517 g/mol. The second kappa shape index (κ2) is 11.4. The molecule has 2 N–H and O–H groups in total. The zero-order valence-corrected chi connectivity index (χ0v) is 21.1. The first-order chi connectivity index (χ1) is 18.2. The number of esters is 1. The summed E-state index contributed by atoms with van der Waals surface area (Å²) < 4.78 is 12.8. The third-order valence-corrected chi connectivity index (χ3v) is 5.73. The Morgan fingerprint density at radius 1 is 1.05 bits per heavy atom. The van der Waals surface area contributed by atoms with Crippen LogP contribution in [0.5, 0.6) is 17.4 Å². The topological polar surface area (TPSA) is 141 Å². The number of rotatable bonds is 8. The largest absolute Gasteiger partial charge is 0.493 e. The molecular formula is C27H27N5O6. The van der Waals surface area contributed by atoms with Crippen molar-refractivity contribution in [2.75, 3.05) is 7.11 Å². The summed E-state index contributed by atoms with van der Waals surface area (Å²) in [4.78, 5) is 49.1. The molecule has 196 valence electrons. The Balaban J connectivity index is 1.73. The summed E-state index contributed by atoms with van der Waals surface area (Å²) in [6.07, 6.45) is 1.42. The minimum atomic E-state index is -0.704. The van der Waals surface area contributed by atoms with Crippen LogP contribution in [-0.4, -0.2) is 37.3 Å². The van der Waals surface area contributed by atoms with Gasteiger partial charge in [-0.05, 0) is 42.8 Å². The van der Waals surface area contributed by atoms with Crippen molar-refractivity contribution in [1.82, 2.24) is 19.1 Å². The Bertz CT molecular complexity index is 1620. The summed E-state index contributed by atoms with van der Waals surface area (Å²) in [5.74, 6) is -0.495. The van der Waals surface area contributed by atoms with Crippen molar-refractivity contribution in [2.24, 2.45) is 10.9 Å². The highest BCUT2D eigenvalue weighted by molar-refractivity contribution is 5.71. The van der Waals surface area contributed by atoms with Crippen molar-refractivity contribution >= 4 is 11.7 Å². The second-order valence-electron chi connectivity index (χ2n) is 8.70. The van der Waals surface area contributed by atoms with Crippen molar-refractivity contribution in [3.05, 3.63) is 105 Å². The minimum Gasteiger partial charge on any atom is -0.493 e. The molecule has 11 heteroatoms. The number of hydrogen-bond donors (Lipinski definition) is 2. The van der Waals surface area contributed by atoms with Crippen LogP contribution in [0, 0.1) is 12.8 Å². The summed E-state index contributed by atoms with van der Waals surface area (Å²) in [7, 11) is 1.25. The molecule has 2 aromatic heterocycles. The van der Waals surface area contributed by atoms with Crippen LogP contribution in [0.3, 0.4) is 0 Å².